The highest BCUT2D eigenvalue weighted by Crippen LogP contribution is 2.39. The summed E-state index contributed by atoms with van der Waals surface area (Å²) in [5, 5.41) is 2.80. The Hall–Kier alpha value is -2.47. The van der Waals surface area contributed by atoms with Crippen molar-refractivity contribution in [3.05, 3.63) is 46.7 Å². The zero-order chi connectivity index (χ0) is 15.0. The molecular weight excluding hydrogens is 299 g/mol. The fourth-order valence-electron chi connectivity index (χ4n) is 1.92. The van der Waals surface area contributed by atoms with Gasteiger partial charge < -0.3 is 20.5 Å². The zero-order valence-corrected chi connectivity index (χ0v) is 11.4. The molecule has 2 aromatic carbocycles. The van der Waals surface area contributed by atoms with Crippen LogP contribution in [0, 0.1) is 5.82 Å². The SMILES string of the molecule is Nc1ccc(C(=O)Nc2cc3c(cc2Cl)OCO3)c(F)c1. The molecule has 0 spiro atoms. The standard InChI is InChI=1S/C14H10ClFN2O3/c15-9-4-12-13(21-6-20-12)5-11(9)18-14(19)8-2-1-7(17)3-10(8)16/h1-5H,6,17H2,(H,18,19). The second-order valence-corrected chi connectivity index (χ2v) is 4.79. The molecule has 3 N–H and O–H groups in total. The highest BCUT2D eigenvalue weighted by atomic mass is 35.5. The summed E-state index contributed by atoms with van der Waals surface area (Å²) in [6.45, 7) is 0.0929. The Balaban J connectivity index is 1.88. The molecule has 1 heterocycles. The Morgan fingerprint density at radius 1 is 1.24 bits per heavy atom. The molecule has 1 aliphatic rings. The van der Waals surface area contributed by atoms with Crippen LogP contribution in [0.1, 0.15) is 10.4 Å². The minimum Gasteiger partial charge on any atom is -0.454 e. The van der Waals surface area contributed by atoms with Crippen LogP contribution in [0.25, 0.3) is 0 Å². The number of halogens is 2. The molecule has 108 valence electrons. The van der Waals surface area contributed by atoms with Gasteiger partial charge in [0, 0.05) is 17.8 Å². The summed E-state index contributed by atoms with van der Waals surface area (Å²) in [7, 11) is 0. The fraction of sp³-hybridized carbons (Fsp3) is 0.0714. The molecule has 21 heavy (non-hydrogen) atoms. The molecule has 3 rings (SSSR count). The van der Waals surface area contributed by atoms with E-state index in [4.69, 9.17) is 26.8 Å². The number of nitrogens with two attached hydrogens (primary N) is 1. The molecule has 0 aromatic heterocycles. The summed E-state index contributed by atoms with van der Waals surface area (Å²) < 4.78 is 24.1. The van der Waals surface area contributed by atoms with Crippen LogP contribution in [0.3, 0.4) is 0 Å². The van der Waals surface area contributed by atoms with E-state index in [1.807, 2.05) is 0 Å². The Bertz CT molecular complexity index is 736. The largest absolute Gasteiger partial charge is 0.454 e. The van der Waals surface area contributed by atoms with Gasteiger partial charge in [-0.3, -0.25) is 4.79 Å². The summed E-state index contributed by atoms with van der Waals surface area (Å²) in [5.41, 5.74) is 5.86. The zero-order valence-electron chi connectivity index (χ0n) is 10.7. The maximum absolute atomic E-state index is 13.7. The van der Waals surface area contributed by atoms with Crippen LogP contribution in [0.4, 0.5) is 15.8 Å². The number of nitrogen functional groups attached to an aromatic ring is 1. The number of amides is 1. The Labute approximate surface area is 124 Å². The molecule has 1 amide bonds. The van der Waals surface area contributed by atoms with Crippen molar-refractivity contribution in [2.24, 2.45) is 0 Å². The van der Waals surface area contributed by atoms with E-state index in [2.05, 4.69) is 5.32 Å². The van der Waals surface area contributed by atoms with Gasteiger partial charge in [-0.2, -0.15) is 0 Å². The van der Waals surface area contributed by atoms with E-state index < -0.39 is 11.7 Å². The molecule has 0 saturated heterocycles. The van der Waals surface area contributed by atoms with Crippen molar-refractivity contribution in [3.8, 4) is 11.5 Å². The van der Waals surface area contributed by atoms with Crippen molar-refractivity contribution in [2.75, 3.05) is 17.8 Å². The molecule has 0 saturated carbocycles. The van der Waals surface area contributed by atoms with Gasteiger partial charge in [-0.15, -0.1) is 0 Å². The minimum atomic E-state index is -0.704. The van der Waals surface area contributed by atoms with Crippen molar-refractivity contribution < 1.29 is 18.7 Å². The van der Waals surface area contributed by atoms with Crippen molar-refractivity contribution in [1.29, 1.82) is 0 Å². The first-order valence-corrected chi connectivity index (χ1v) is 6.38. The van der Waals surface area contributed by atoms with E-state index in [-0.39, 0.29) is 23.1 Å². The molecule has 5 nitrogen and oxygen atoms in total. The third-order valence-electron chi connectivity index (χ3n) is 2.95. The fourth-order valence-corrected chi connectivity index (χ4v) is 2.12. The van der Waals surface area contributed by atoms with Crippen molar-refractivity contribution >= 4 is 28.9 Å². The summed E-state index contributed by atoms with van der Waals surface area (Å²) in [4.78, 5) is 12.1. The second-order valence-electron chi connectivity index (χ2n) is 4.38. The van der Waals surface area contributed by atoms with Crippen LogP contribution < -0.4 is 20.5 Å². The number of nitrogens with one attached hydrogen (secondary N) is 1. The molecule has 0 unspecified atom stereocenters. The molecule has 0 bridgehead atoms. The highest BCUT2D eigenvalue weighted by molar-refractivity contribution is 6.34. The van der Waals surface area contributed by atoms with Crippen molar-refractivity contribution in [3.63, 3.8) is 0 Å². The number of carbonyl (C=O) groups excluding carboxylic acids is 1. The summed E-state index contributed by atoms with van der Waals surface area (Å²) in [5.74, 6) is -0.373. The lowest BCUT2D eigenvalue weighted by atomic mass is 10.1. The van der Waals surface area contributed by atoms with Crippen LogP contribution in [0.15, 0.2) is 30.3 Å². The predicted molar refractivity (Wildman–Crippen MR) is 76.3 cm³/mol. The number of fused-ring (bicyclic) bond motifs is 1. The van der Waals surface area contributed by atoms with E-state index >= 15 is 0 Å². The van der Waals surface area contributed by atoms with Gasteiger partial charge in [-0.25, -0.2) is 4.39 Å². The molecule has 0 aliphatic carbocycles. The van der Waals surface area contributed by atoms with Gasteiger partial charge in [0.25, 0.3) is 5.91 Å². The van der Waals surface area contributed by atoms with Gasteiger partial charge in [-0.1, -0.05) is 11.6 Å². The number of ether oxygens (including phenoxy) is 2. The number of rotatable bonds is 2. The summed E-state index contributed by atoms with van der Waals surface area (Å²) in [6, 6.07) is 6.88. The quantitative estimate of drug-likeness (QED) is 0.836. The monoisotopic (exact) mass is 308 g/mol. The van der Waals surface area contributed by atoms with E-state index in [1.54, 1.807) is 0 Å². The van der Waals surface area contributed by atoms with E-state index in [9.17, 15) is 9.18 Å². The molecule has 0 fully saturated rings. The average Bonchev–Trinajstić information content (AvgIpc) is 2.86. The molecular formula is C14H10ClFN2O3. The van der Waals surface area contributed by atoms with Crippen LogP contribution >= 0.6 is 11.6 Å². The normalized spacial score (nSPS) is 12.3. The third kappa shape index (κ3) is 2.57. The molecule has 0 atom stereocenters. The van der Waals surface area contributed by atoms with E-state index in [1.165, 1.54) is 24.3 Å². The number of hydrogen-bond acceptors (Lipinski definition) is 4. The molecule has 0 radical (unpaired) electrons. The van der Waals surface area contributed by atoms with Crippen LogP contribution in [-0.4, -0.2) is 12.7 Å². The van der Waals surface area contributed by atoms with Gasteiger partial charge in [0.1, 0.15) is 5.82 Å². The Morgan fingerprint density at radius 3 is 2.67 bits per heavy atom. The topological polar surface area (TPSA) is 73.6 Å². The minimum absolute atomic E-state index is 0.0929. The summed E-state index contributed by atoms with van der Waals surface area (Å²) >= 11 is 6.04. The van der Waals surface area contributed by atoms with Gasteiger partial charge in [0.15, 0.2) is 11.5 Å². The smallest absolute Gasteiger partial charge is 0.258 e. The predicted octanol–water partition coefficient (Wildman–Crippen LogP) is 3.04. The number of hydrogen-bond donors (Lipinski definition) is 2. The van der Waals surface area contributed by atoms with Crippen molar-refractivity contribution in [1.82, 2.24) is 0 Å². The van der Waals surface area contributed by atoms with Gasteiger partial charge in [-0.05, 0) is 18.2 Å². The van der Waals surface area contributed by atoms with Crippen LogP contribution in [-0.2, 0) is 0 Å². The molecule has 1 aliphatic heterocycles. The number of carbonyl (C=O) groups is 1. The first-order valence-electron chi connectivity index (χ1n) is 6.00. The maximum atomic E-state index is 13.7. The first kappa shape index (κ1) is 13.5. The lowest BCUT2D eigenvalue weighted by Gasteiger charge is -2.09. The lowest BCUT2D eigenvalue weighted by Crippen LogP contribution is -2.14. The van der Waals surface area contributed by atoms with Gasteiger partial charge in [0.2, 0.25) is 6.79 Å². The van der Waals surface area contributed by atoms with Crippen LogP contribution in [0.2, 0.25) is 5.02 Å². The van der Waals surface area contributed by atoms with E-state index in [0.29, 0.717) is 17.2 Å². The van der Waals surface area contributed by atoms with Crippen LogP contribution in [0.5, 0.6) is 11.5 Å². The summed E-state index contributed by atoms with van der Waals surface area (Å²) in [6.07, 6.45) is 0. The van der Waals surface area contributed by atoms with Crippen molar-refractivity contribution in [2.45, 2.75) is 0 Å². The maximum Gasteiger partial charge on any atom is 0.258 e. The number of benzene rings is 2. The van der Waals surface area contributed by atoms with Gasteiger partial charge in [0.05, 0.1) is 16.3 Å². The molecule has 7 heteroatoms. The Morgan fingerprint density at radius 2 is 1.95 bits per heavy atom. The Kier molecular flexibility index (Phi) is 3.31. The highest BCUT2D eigenvalue weighted by Gasteiger charge is 2.19. The molecule has 2 aromatic rings. The number of anilines is 2. The van der Waals surface area contributed by atoms with Gasteiger partial charge >= 0.3 is 0 Å². The van der Waals surface area contributed by atoms with E-state index in [0.717, 1.165) is 6.07 Å². The third-order valence-corrected chi connectivity index (χ3v) is 3.26. The second kappa shape index (κ2) is 5.14. The first-order chi connectivity index (χ1) is 10.0. The average molecular weight is 309 g/mol. The lowest BCUT2D eigenvalue weighted by molar-refractivity contribution is 0.102.